The summed E-state index contributed by atoms with van der Waals surface area (Å²) >= 11 is 0. The number of hydrogen-bond donors (Lipinski definition) is 0. The smallest absolute Gasteiger partial charge is 0.138 e. The Bertz CT molecular complexity index is 126. The van der Waals surface area contributed by atoms with Crippen LogP contribution < -0.4 is 0 Å². The lowest BCUT2D eigenvalue weighted by Gasteiger charge is -2.20. The van der Waals surface area contributed by atoms with Crippen molar-refractivity contribution in [1.82, 2.24) is 0 Å². The van der Waals surface area contributed by atoms with Crippen LogP contribution in [0.15, 0.2) is 0 Å². The molecule has 64 valence electrons. The van der Waals surface area contributed by atoms with Gasteiger partial charge in [0.2, 0.25) is 0 Å². The zero-order chi connectivity index (χ0) is 8.10. The SMILES string of the molecule is CCCC(=O)C1CCCOC1. The molecule has 1 saturated heterocycles. The summed E-state index contributed by atoms with van der Waals surface area (Å²) in [6.45, 7) is 3.55. The number of ether oxygens (including phenoxy) is 1. The van der Waals surface area contributed by atoms with Gasteiger partial charge in [0.15, 0.2) is 0 Å². The third-order valence-corrected chi connectivity index (χ3v) is 2.11. The molecule has 1 aliphatic heterocycles. The van der Waals surface area contributed by atoms with Crippen LogP contribution in [0.4, 0.5) is 0 Å². The first-order valence-corrected chi connectivity index (χ1v) is 4.45. The minimum atomic E-state index is 0.212. The van der Waals surface area contributed by atoms with E-state index in [-0.39, 0.29) is 5.92 Å². The number of carbonyl (C=O) groups excluding carboxylic acids is 1. The first-order valence-electron chi connectivity index (χ1n) is 4.45. The predicted molar refractivity (Wildman–Crippen MR) is 43.5 cm³/mol. The molecule has 1 heterocycles. The minimum Gasteiger partial charge on any atom is -0.381 e. The second-order valence-electron chi connectivity index (χ2n) is 3.13. The first-order chi connectivity index (χ1) is 5.34. The Morgan fingerprint density at radius 1 is 1.64 bits per heavy atom. The maximum absolute atomic E-state index is 11.3. The predicted octanol–water partition coefficient (Wildman–Crippen LogP) is 1.78. The molecule has 0 amide bonds. The van der Waals surface area contributed by atoms with E-state index in [2.05, 4.69) is 0 Å². The van der Waals surface area contributed by atoms with Crippen molar-refractivity contribution in [1.29, 1.82) is 0 Å². The maximum Gasteiger partial charge on any atom is 0.138 e. The highest BCUT2D eigenvalue weighted by atomic mass is 16.5. The molecule has 1 fully saturated rings. The van der Waals surface area contributed by atoms with Gasteiger partial charge >= 0.3 is 0 Å². The molecule has 1 aliphatic rings. The summed E-state index contributed by atoms with van der Waals surface area (Å²) in [5, 5.41) is 0. The summed E-state index contributed by atoms with van der Waals surface area (Å²) in [5.41, 5.74) is 0. The minimum absolute atomic E-state index is 0.212. The van der Waals surface area contributed by atoms with E-state index in [0.29, 0.717) is 12.4 Å². The molecule has 0 aliphatic carbocycles. The summed E-state index contributed by atoms with van der Waals surface area (Å²) in [7, 11) is 0. The van der Waals surface area contributed by atoms with Crippen molar-refractivity contribution in [3.63, 3.8) is 0 Å². The highest BCUT2D eigenvalue weighted by molar-refractivity contribution is 5.81. The second-order valence-corrected chi connectivity index (χ2v) is 3.13. The van der Waals surface area contributed by atoms with Crippen molar-refractivity contribution >= 4 is 5.78 Å². The van der Waals surface area contributed by atoms with E-state index in [4.69, 9.17) is 4.74 Å². The maximum atomic E-state index is 11.3. The Kier molecular flexibility index (Phi) is 3.57. The third kappa shape index (κ3) is 2.62. The number of hydrogen-bond acceptors (Lipinski definition) is 2. The van der Waals surface area contributed by atoms with Crippen molar-refractivity contribution in [3.05, 3.63) is 0 Å². The molecule has 0 N–H and O–H groups in total. The summed E-state index contributed by atoms with van der Waals surface area (Å²) in [6, 6.07) is 0. The monoisotopic (exact) mass is 156 g/mol. The van der Waals surface area contributed by atoms with Crippen LogP contribution in [0.2, 0.25) is 0 Å². The van der Waals surface area contributed by atoms with Crippen molar-refractivity contribution in [2.24, 2.45) is 5.92 Å². The molecular weight excluding hydrogens is 140 g/mol. The largest absolute Gasteiger partial charge is 0.381 e. The molecule has 1 atom stereocenters. The van der Waals surface area contributed by atoms with E-state index in [9.17, 15) is 4.79 Å². The summed E-state index contributed by atoms with van der Waals surface area (Å²) < 4.78 is 5.23. The lowest BCUT2D eigenvalue weighted by molar-refractivity contribution is -0.126. The summed E-state index contributed by atoms with van der Waals surface area (Å²) in [6.07, 6.45) is 3.79. The van der Waals surface area contributed by atoms with Crippen LogP contribution in [-0.4, -0.2) is 19.0 Å². The highest BCUT2D eigenvalue weighted by Crippen LogP contribution is 2.16. The number of Topliss-reactive ketones (excluding diaryl/α,β-unsaturated/α-hetero) is 1. The fraction of sp³-hybridized carbons (Fsp3) is 0.889. The molecule has 0 aromatic heterocycles. The Hall–Kier alpha value is -0.370. The fourth-order valence-electron chi connectivity index (χ4n) is 1.45. The average Bonchev–Trinajstić information content (AvgIpc) is 2.07. The Morgan fingerprint density at radius 3 is 3.00 bits per heavy atom. The average molecular weight is 156 g/mol. The summed E-state index contributed by atoms with van der Waals surface area (Å²) in [5.74, 6) is 0.607. The van der Waals surface area contributed by atoms with Crippen LogP contribution in [0, 0.1) is 5.92 Å². The lowest BCUT2D eigenvalue weighted by Crippen LogP contribution is -2.24. The fourth-order valence-corrected chi connectivity index (χ4v) is 1.45. The Balaban J connectivity index is 2.27. The lowest BCUT2D eigenvalue weighted by atomic mass is 9.95. The molecule has 0 radical (unpaired) electrons. The van der Waals surface area contributed by atoms with E-state index in [1.54, 1.807) is 0 Å². The van der Waals surface area contributed by atoms with Crippen LogP contribution in [0.5, 0.6) is 0 Å². The third-order valence-electron chi connectivity index (χ3n) is 2.11. The molecule has 0 aromatic rings. The second kappa shape index (κ2) is 4.50. The molecule has 2 heteroatoms. The van der Waals surface area contributed by atoms with Gasteiger partial charge in [0.25, 0.3) is 0 Å². The van der Waals surface area contributed by atoms with Crippen molar-refractivity contribution in [3.8, 4) is 0 Å². The zero-order valence-corrected chi connectivity index (χ0v) is 7.14. The molecule has 0 aromatic carbocycles. The van der Waals surface area contributed by atoms with E-state index >= 15 is 0 Å². The topological polar surface area (TPSA) is 26.3 Å². The van der Waals surface area contributed by atoms with Crippen molar-refractivity contribution < 1.29 is 9.53 Å². The van der Waals surface area contributed by atoms with Gasteiger partial charge in [-0.1, -0.05) is 6.92 Å². The number of ketones is 1. The Labute approximate surface area is 67.9 Å². The van der Waals surface area contributed by atoms with Crippen LogP contribution in [-0.2, 0) is 9.53 Å². The normalized spacial score (nSPS) is 25.0. The van der Waals surface area contributed by atoms with Crippen molar-refractivity contribution in [2.45, 2.75) is 32.6 Å². The van der Waals surface area contributed by atoms with Crippen LogP contribution in [0.1, 0.15) is 32.6 Å². The van der Waals surface area contributed by atoms with Crippen molar-refractivity contribution in [2.75, 3.05) is 13.2 Å². The van der Waals surface area contributed by atoms with E-state index < -0.39 is 0 Å². The molecule has 11 heavy (non-hydrogen) atoms. The first kappa shape index (κ1) is 8.72. The quantitative estimate of drug-likeness (QED) is 0.622. The van der Waals surface area contributed by atoms with Gasteiger partial charge in [-0.2, -0.15) is 0 Å². The van der Waals surface area contributed by atoms with Gasteiger partial charge in [0, 0.05) is 18.9 Å². The highest BCUT2D eigenvalue weighted by Gasteiger charge is 2.20. The molecule has 0 bridgehead atoms. The van der Waals surface area contributed by atoms with Gasteiger partial charge in [-0.15, -0.1) is 0 Å². The molecule has 2 nitrogen and oxygen atoms in total. The zero-order valence-electron chi connectivity index (χ0n) is 7.14. The van der Waals surface area contributed by atoms with Gasteiger partial charge < -0.3 is 4.74 Å². The van der Waals surface area contributed by atoms with Gasteiger partial charge in [0.1, 0.15) is 5.78 Å². The van der Waals surface area contributed by atoms with Gasteiger partial charge in [-0.3, -0.25) is 4.79 Å². The molecular formula is C9H16O2. The number of rotatable bonds is 3. The molecule has 0 spiro atoms. The van der Waals surface area contributed by atoms with Crippen LogP contribution in [0.3, 0.4) is 0 Å². The molecule has 1 unspecified atom stereocenters. The number of carbonyl (C=O) groups is 1. The molecule has 0 saturated carbocycles. The van der Waals surface area contributed by atoms with Gasteiger partial charge in [-0.05, 0) is 19.3 Å². The van der Waals surface area contributed by atoms with Gasteiger partial charge in [-0.25, -0.2) is 0 Å². The Morgan fingerprint density at radius 2 is 2.45 bits per heavy atom. The van der Waals surface area contributed by atoms with Crippen LogP contribution >= 0.6 is 0 Å². The van der Waals surface area contributed by atoms with E-state index in [1.807, 2.05) is 6.92 Å². The van der Waals surface area contributed by atoms with Gasteiger partial charge in [0.05, 0.1) is 6.61 Å². The van der Waals surface area contributed by atoms with E-state index in [0.717, 1.165) is 32.3 Å². The van der Waals surface area contributed by atoms with E-state index in [1.165, 1.54) is 0 Å². The molecule has 1 rings (SSSR count). The standard InChI is InChI=1S/C9H16O2/c1-2-4-9(10)8-5-3-6-11-7-8/h8H,2-7H2,1H3. The van der Waals surface area contributed by atoms with Crippen LogP contribution in [0.25, 0.3) is 0 Å². The summed E-state index contributed by atoms with van der Waals surface area (Å²) in [4.78, 5) is 11.3.